The molecule has 0 aliphatic rings. The van der Waals surface area contributed by atoms with E-state index < -0.39 is 0 Å². The van der Waals surface area contributed by atoms with Gasteiger partial charge in [0.1, 0.15) is 5.78 Å². The summed E-state index contributed by atoms with van der Waals surface area (Å²) in [5.74, 6) is 0.295. The van der Waals surface area contributed by atoms with E-state index in [4.69, 9.17) is 0 Å². The van der Waals surface area contributed by atoms with Crippen molar-refractivity contribution in [2.45, 2.75) is 103 Å². The quantitative estimate of drug-likeness (QED) is 0.274. The van der Waals surface area contributed by atoms with Gasteiger partial charge in [0.15, 0.2) is 0 Å². The number of hydrogen-bond donors (Lipinski definition) is 1. The molecule has 0 unspecified atom stereocenters. The van der Waals surface area contributed by atoms with Crippen LogP contribution >= 0.6 is 0 Å². The Morgan fingerprint density at radius 1 is 0.870 bits per heavy atom. The number of carbonyl (C=O) groups excluding carboxylic acids is 1. The minimum absolute atomic E-state index is 0.239. The summed E-state index contributed by atoms with van der Waals surface area (Å²) in [6.45, 7) is 3.81. The van der Waals surface area contributed by atoms with Crippen LogP contribution in [-0.4, -0.2) is 17.0 Å². The molecule has 0 amide bonds. The number of ketones is 1. The second-order valence-corrected chi connectivity index (χ2v) is 6.55. The van der Waals surface area contributed by atoms with E-state index in [1.54, 1.807) is 6.92 Å². The van der Waals surface area contributed by atoms with Gasteiger partial charge >= 0.3 is 0 Å². The molecule has 0 aromatic rings. The summed E-state index contributed by atoms with van der Waals surface area (Å²) in [5.41, 5.74) is 0. The van der Waals surface area contributed by atoms with Crippen LogP contribution in [-0.2, 0) is 4.79 Å². The van der Waals surface area contributed by atoms with Gasteiger partial charge in [0.2, 0.25) is 0 Å². The normalized spacial score (nSPS) is 13.2. The van der Waals surface area contributed by atoms with E-state index in [2.05, 4.69) is 25.2 Å². The Morgan fingerprint density at radius 3 is 2.04 bits per heavy atom. The minimum Gasteiger partial charge on any atom is -0.389 e. The fraction of sp³-hybridized carbons (Fsp3) is 0.762. The van der Waals surface area contributed by atoms with Gasteiger partial charge in [0, 0.05) is 6.42 Å². The molecule has 0 bridgehead atoms. The molecule has 0 aromatic heterocycles. The highest BCUT2D eigenvalue weighted by atomic mass is 16.3. The van der Waals surface area contributed by atoms with E-state index in [1.807, 2.05) is 6.08 Å². The number of carbonyl (C=O) groups is 1. The lowest BCUT2D eigenvalue weighted by atomic mass is 10.1. The van der Waals surface area contributed by atoms with Gasteiger partial charge in [-0.15, -0.1) is 0 Å². The van der Waals surface area contributed by atoms with Crippen LogP contribution in [0.25, 0.3) is 0 Å². The number of rotatable bonds is 16. The molecule has 1 N–H and O–H groups in total. The molecule has 0 aliphatic carbocycles. The van der Waals surface area contributed by atoms with Crippen LogP contribution < -0.4 is 0 Å². The first kappa shape index (κ1) is 22.1. The van der Waals surface area contributed by atoms with Crippen molar-refractivity contribution >= 4 is 5.78 Å². The summed E-state index contributed by atoms with van der Waals surface area (Å²) in [6, 6.07) is 0. The van der Waals surface area contributed by atoms with E-state index >= 15 is 0 Å². The van der Waals surface area contributed by atoms with Gasteiger partial charge in [0.05, 0.1) is 6.10 Å². The Labute approximate surface area is 144 Å². The first-order chi connectivity index (χ1) is 11.2. The topological polar surface area (TPSA) is 37.3 Å². The van der Waals surface area contributed by atoms with Crippen LogP contribution in [0.5, 0.6) is 0 Å². The Kier molecular flexibility index (Phi) is 16.8. The lowest BCUT2D eigenvalue weighted by Crippen LogP contribution is -2.00. The Bertz CT molecular complexity index is 318. The summed E-state index contributed by atoms with van der Waals surface area (Å²) >= 11 is 0. The van der Waals surface area contributed by atoms with E-state index in [-0.39, 0.29) is 6.10 Å². The number of aliphatic hydroxyl groups excluding tert-OH is 1. The van der Waals surface area contributed by atoms with Gasteiger partial charge in [-0.1, -0.05) is 63.3 Å². The number of unbranched alkanes of at least 4 members (excludes halogenated alkanes) is 8. The molecule has 0 saturated carbocycles. The zero-order chi connectivity index (χ0) is 17.2. The molecular formula is C21H38O2. The molecule has 134 valence electrons. The van der Waals surface area contributed by atoms with Crippen molar-refractivity contribution in [3.05, 3.63) is 24.3 Å². The third kappa shape index (κ3) is 19.1. The first-order valence-corrected chi connectivity index (χ1v) is 9.66. The van der Waals surface area contributed by atoms with Crippen molar-refractivity contribution in [1.29, 1.82) is 0 Å². The molecule has 2 nitrogen and oxygen atoms in total. The summed E-state index contributed by atoms with van der Waals surface area (Å²) < 4.78 is 0. The maximum absolute atomic E-state index is 10.8. The van der Waals surface area contributed by atoms with Gasteiger partial charge in [0.25, 0.3) is 0 Å². The molecule has 0 aliphatic heterocycles. The van der Waals surface area contributed by atoms with Gasteiger partial charge in [-0.25, -0.2) is 0 Å². The van der Waals surface area contributed by atoms with Crippen molar-refractivity contribution in [2.24, 2.45) is 0 Å². The largest absolute Gasteiger partial charge is 0.389 e. The van der Waals surface area contributed by atoms with Crippen molar-refractivity contribution in [1.82, 2.24) is 0 Å². The van der Waals surface area contributed by atoms with E-state index in [9.17, 15) is 9.90 Å². The van der Waals surface area contributed by atoms with Crippen molar-refractivity contribution in [3.63, 3.8) is 0 Å². The number of aliphatic hydroxyl groups is 1. The van der Waals surface area contributed by atoms with Gasteiger partial charge < -0.3 is 9.90 Å². The fourth-order valence-corrected chi connectivity index (χ4v) is 2.52. The molecule has 0 fully saturated rings. The van der Waals surface area contributed by atoms with Gasteiger partial charge in [-0.2, -0.15) is 0 Å². The highest BCUT2D eigenvalue weighted by Crippen LogP contribution is 2.09. The average molecular weight is 323 g/mol. The van der Waals surface area contributed by atoms with Crippen LogP contribution in [0.3, 0.4) is 0 Å². The predicted octanol–water partition coefficient (Wildman–Crippen LogP) is 6.14. The van der Waals surface area contributed by atoms with Crippen molar-refractivity contribution in [2.75, 3.05) is 0 Å². The molecular weight excluding hydrogens is 284 g/mol. The fourth-order valence-electron chi connectivity index (χ4n) is 2.52. The molecule has 0 heterocycles. The Balaban J connectivity index is 3.25. The predicted molar refractivity (Wildman–Crippen MR) is 101 cm³/mol. The molecule has 23 heavy (non-hydrogen) atoms. The SMILES string of the molecule is CCCC[C@@H](O)/C=C\CCCCCCC/C=C\CCCC(C)=O. The second kappa shape index (κ2) is 17.5. The third-order valence-corrected chi connectivity index (χ3v) is 4.02. The van der Waals surface area contributed by atoms with Crippen LogP contribution in [0.1, 0.15) is 97.3 Å². The first-order valence-electron chi connectivity index (χ1n) is 9.66. The molecule has 1 atom stereocenters. The standard InChI is InChI=1S/C21H38O2/c1-3-4-18-21(23)19-16-14-12-10-8-6-5-7-9-11-13-15-17-20(2)22/h9,11,16,19,21,23H,3-8,10,12-15,17-18H2,1-2H3/b11-9-,19-16-/t21-/m1/s1. The maximum Gasteiger partial charge on any atom is 0.129 e. The number of Topliss-reactive ketones (excluding diaryl/α,β-unsaturated/α-hetero) is 1. The van der Waals surface area contributed by atoms with Crippen LogP contribution in [0.2, 0.25) is 0 Å². The minimum atomic E-state index is -0.239. The van der Waals surface area contributed by atoms with Crippen molar-refractivity contribution < 1.29 is 9.90 Å². The maximum atomic E-state index is 10.8. The Morgan fingerprint density at radius 2 is 1.43 bits per heavy atom. The smallest absolute Gasteiger partial charge is 0.129 e. The van der Waals surface area contributed by atoms with Gasteiger partial charge in [-0.05, 0) is 51.9 Å². The molecule has 0 saturated heterocycles. The third-order valence-electron chi connectivity index (χ3n) is 4.02. The molecule has 0 radical (unpaired) electrons. The lowest BCUT2D eigenvalue weighted by molar-refractivity contribution is -0.117. The summed E-state index contributed by atoms with van der Waals surface area (Å²) in [4.78, 5) is 10.8. The van der Waals surface area contributed by atoms with E-state index in [0.29, 0.717) is 12.2 Å². The number of allylic oxidation sites excluding steroid dienone is 3. The molecule has 0 spiro atoms. The number of hydrogen-bond acceptors (Lipinski definition) is 2. The van der Waals surface area contributed by atoms with Gasteiger partial charge in [-0.3, -0.25) is 0 Å². The summed E-state index contributed by atoms with van der Waals surface area (Å²) in [7, 11) is 0. The summed E-state index contributed by atoms with van der Waals surface area (Å²) in [5, 5.41) is 9.67. The second-order valence-electron chi connectivity index (χ2n) is 6.55. The lowest BCUT2D eigenvalue weighted by Gasteiger charge is -2.03. The van der Waals surface area contributed by atoms with Crippen LogP contribution in [0, 0.1) is 0 Å². The highest BCUT2D eigenvalue weighted by molar-refractivity contribution is 5.75. The monoisotopic (exact) mass is 322 g/mol. The molecule has 2 heteroatoms. The molecule has 0 rings (SSSR count). The van der Waals surface area contributed by atoms with E-state index in [0.717, 1.165) is 38.5 Å². The molecule has 0 aromatic carbocycles. The van der Waals surface area contributed by atoms with Crippen LogP contribution in [0.15, 0.2) is 24.3 Å². The van der Waals surface area contributed by atoms with E-state index in [1.165, 1.54) is 38.5 Å². The zero-order valence-corrected chi connectivity index (χ0v) is 15.4. The summed E-state index contributed by atoms with van der Waals surface area (Å²) in [6.07, 6.45) is 22.9. The zero-order valence-electron chi connectivity index (χ0n) is 15.4. The van der Waals surface area contributed by atoms with Crippen LogP contribution in [0.4, 0.5) is 0 Å². The average Bonchev–Trinajstić information content (AvgIpc) is 2.52. The highest BCUT2D eigenvalue weighted by Gasteiger charge is 1.96. The Hall–Kier alpha value is -0.890. The van der Waals surface area contributed by atoms with Crippen molar-refractivity contribution in [3.8, 4) is 0 Å².